The van der Waals surface area contributed by atoms with Crippen LogP contribution in [0.1, 0.15) is 5.82 Å². The zero-order valence-electron chi connectivity index (χ0n) is 9.58. The lowest BCUT2D eigenvalue weighted by Gasteiger charge is -2.04. The van der Waals surface area contributed by atoms with Crippen LogP contribution in [0.4, 0.5) is 5.95 Å². The Hall–Kier alpha value is -2.15. The summed E-state index contributed by atoms with van der Waals surface area (Å²) in [5, 5.41) is 8.37. The molecule has 3 heterocycles. The van der Waals surface area contributed by atoms with Gasteiger partial charge in [0.15, 0.2) is 11.5 Å². The van der Waals surface area contributed by atoms with Gasteiger partial charge in [0.25, 0.3) is 0 Å². The Bertz CT molecular complexity index is 714. The van der Waals surface area contributed by atoms with Crippen LogP contribution in [-0.2, 0) is 13.6 Å². The van der Waals surface area contributed by atoms with Gasteiger partial charge in [-0.2, -0.15) is 0 Å². The quantitative estimate of drug-likeness (QED) is 0.740. The highest BCUT2D eigenvalue weighted by atomic mass is 35.5. The van der Waals surface area contributed by atoms with E-state index in [4.69, 9.17) is 17.3 Å². The van der Waals surface area contributed by atoms with Crippen molar-refractivity contribution in [3.8, 4) is 0 Å². The first kappa shape index (κ1) is 11.0. The molecule has 0 aliphatic rings. The van der Waals surface area contributed by atoms with Gasteiger partial charge in [-0.15, -0.1) is 10.2 Å². The van der Waals surface area contributed by atoms with Crippen molar-refractivity contribution in [1.29, 1.82) is 0 Å². The number of anilines is 1. The van der Waals surface area contributed by atoms with Crippen LogP contribution in [0, 0.1) is 0 Å². The third-order valence-electron chi connectivity index (χ3n) is 2.69. The summed E-state index contributed by atoms with van der Waals surface area (Å²) in [6.07, 6.45) is 3.20. The van der Waals surface area contributed by atoms with Crippen LogP contribution < -0.4 is 5.73 Å². The molecule has 92 valence electrons. The molecule has 0 bridgehead atoms. The molecule has 0 atom stereocenters. The van der Waals surface area contributed by atoms with Gasteiger partial charge in [-0.25, -0.2) is 9.97 Å². The number of nitrogen functional groups attached to an aromatic ring is 1. The smallest absolute Gasteiger partial charge is 0.202 e. The Labute approximate surface area is 107 Å². The fourth-order valence-corrected chi connectivity index (χ4v) is 1.90. The highest BCUT2D eigenvalue weighted by Crippen LogP contribution is 2.19. The van der Waals surface area contributed by atoms with Crippen LogP contribution in [0.15, 0.2) is 18.6 Å². The molecule has 0 spiro atoms. The molecule has 0 fully saturated rings. The van der Waals surface area contributed by atoms with Crippen molar-refractivity contribution in [1.82, 2.24) is 29.3 Å². The fraction of sp³-hybridized carbons (Fsp3) is 0.200. The first-order valence-corrected chi connectivity index (χ1v) is 5.63. The van der Waals surface area contributed by atoms with E-state index in [1.54, 1.807) is 23.2 Å². The largest absolute Gasteiger partial charge is 0.369 e. The number of nitrogens with zero attached hydrogens (tertiary/aromatic N) is 6. The summed E-state index contributed by atoms with van der Waals surface area (Å²) in [6.45, 7) is 0.466. The number of aryl methyl sites for hydroxylation is 1. The number of imidazole rings is 1. The molecule has 0 saturated carbocycles. The van der Waals surface area contributed by atoms with E-state index in [1.807, 2.05) is 11.6 Å². The first-order valence-electron chi connectivity index (χ1n) is 5.25. The summed E-state index contributed by atoms with van der Waals surface area (Å²) in [6, 6.07) is 1.73. The van der Waals surface area contributed by atoms with E-state index in [9.17, 15) is 0 Å². The highest BCUT2D eigenvalue weighted by Gasteiger charge is 2.12. The summed E-state index contributed by atoms with van der Waals surface area (Å²) in [4.78, 5) is 8.46. The maximum Gasteiger partial charge on any atom is 0.202 e. The molecule has 0 unspecified atom stereocenters. The average Bonchev–Trinajstić information content (AvgIpc) is 2.85. The lowest BCUT2D eigenvalue weighted by atomic mass is 10.4. The number of rotatable bonds is 2. The van der Waals surface area contributed by atoms with Crippen molar-refractivity contribution in [3.63, 3.8) is 0 Å². The monoisotopic (exact) mass is 263 g/mol. The van der Waals surface area contributed by atoms with E-state index < -0.39 is 0 Å². The molecule has 0 radical (unpaired) electrons. The Balaban J connectivity index is 2.11. The lowest BCUT2D eigenvalue weighted by molar-refractivity contribution is 0.714. The SMILES string of the molecule is Cn1cnnc1Cn1c(N)nc2cc(Cl)cnc21. The number of pyridine rings is 1. The summed E-state index contributed by atoms with van der Waals surface area (Å²) in [5.41, 5.74) is 7.23. The van der Waals surface area contributed by atoms with Gasteiger partial charge in [-0.3, -0.25) is 4.57 Å². The topological polar surface area (TPSA) is 87.4 Å². The van der Waals surface area contributed by atoms with Crippen LogP contribution in [0.2, 0.25) is 5.02 Å². The Morgan fingerprint density at radius 2 is 2.28 bits per heavy atom. The van der Waals surface area contributed by atoms with E-state index in [2.05, 4.69) is 20.2 Å². The zero-order valence-corrected chi connectivity index (χ0v) is 10.3. The molecule has 0 aliphatic carbocycles. The highest BCUT2D eigenvalue weighted by molar-refractivity contribution is 6.31. The van der Waals surface area contributed by atoms with Crippen molar-refractivity contribution in [2.45, 2.75) is 6.54 Å². The van der Waals surface area contributed by atoms with E-state index in [0.29, 0.717) is 28.7 Å². The van der Waals surface area contributed by atoms with E-state index in [0.717, 1.165) is 5.82 Å². The van der Waals surface area contributed by atoms with Crippen molar-refractivity contribution in [3.05, 3.63) is 29.4 Å². The lowest BCUT2D eigenvalue weighted by Crippen LogP contribution is -2.09. The zero-order chi connectivity index (χ0) is 12.7. The Morgan fingerprint density at radius 3 is 3.00 bits per heavy atom. The summed E-state index contributed by atoms with van der Waals surface area (Å²) >= 11 is 5.87. The molecule has 3 aromatic rings. The van der Waals surface area contributed by atoms with Crippen molar-refractivity contribution < 1.29 is 0 Å². The molecular formula is C10H10ClN7. The van der Waals surface area contributed by atoms with E-state index in [1.165, 1.54) is 0 Å². The molecule has 18 heavy (non-hydrogen) atoms. The molecule has 7 nitrogen and oxygen atoms in total. The van der Waals surface area contributed by atoms with Gasteiger partial charge in [-0.05, 0) is 6.07 Å². The minimum Gasteiger partial charge on any atom is -0.369 e. The Morgan fingerprint density at radius 1 is 1.44 bits per heavy atom. The van der Waals surface area contributed by atoms with E-state index >= 15 is 0 Å². The molecule has 8 heteroatoms. The van der Waals surface area contributed by atoms with Gasteiger partial charge >= 0.3 is 0 Å². The molecule has 0 saturated heterocycles. The number of fused-ring (bicyclic) bond motifs is 1. The number of aromatic nitrogens is 6. The number of hydrogen-bond donors (Lipinski definition) is 1. The molecular weight excluding hydrogens is 254 g/mol. The molecule has 0 aromatic carbocycles. The number of hydrogen-bond acceptors (Lipinski definition) is 5. The average molecular weight is 264 g/mol. The van der Waals surface area contributed by atoms with Gasteiger partial charge in [-0.1, -0.05) is 11.6 Å². The van der Waals surface area contributed by atoms with Gasteiger partial charge in [0.2, 0.25) is 5.95 Å². The summed E-state index contributed by atoms with van der Waals surface area (Å²) in [5.74, 6) is 1.15. The van der Waals surface area contributed by atoms with Crippen LogP contribution in [-0.4, -0.2) is 29.3 Å². The summed E-state index contributed by atoms with van der Waals surface area (Å²) in [7, 11) is 1.87. The van der Waals surface area contributed by atoms with Crippen molar-refractivity contribution in [2.75, 3.05) is 5.73 Å². The van der Waals surface area contributed by atoms with Crippen molar-refractivity contribution in [2.24, 2.45) is 7.05 Å². The standard InChI is InChI=1S/C10H10ClN7/c1-17-5-14-16-8(17)4-18-9-7(15-10(18)12)2-6(11)3-13-9/h2-3,5H,4H2,1H3,(H2,12,15). The summed E-state index contributed by atoms with van der Waals surface area (Å²) < 4.78 is 3.59. The van der Waals surface area contributed by atoms with Gasteiger partial charge < -0.3 is 10.3 Å². The molecule has 3 rings (SSSR count). The normalized spacial score (nSPS) is 11.2. The maximum atomic E-state index is 5.88. The van der Waals surface area contributed by atoms with Crippen LogP contribution in [0.5, 0.6) is 0 Å². The number of nitrogens with two attached hydrogens (primary N) is 1. The first-order chi connectivity index (χ1) is 8.65. The second-order valence-electron chi connectivity index (χ2n) is 3.91. The fourth-order valence-electron chi connectivity index (χ4n) is 1.75. The van der Waals surface area contributed by atoms with Gasteiger partial charge in [0.05, 0.1) is 11.6 Å². The predicted molar refractivity (Wildman–Crippen MR) is 67.1 cm³/mol. The van der Waals surface area contributed by atoms with Crippen LogP contribution in [0.25, 0.3) is 11.2 Å². The van der Waals surface area contributed by atoms with E-state index in [-0.39, 0.29) is 0 Å². The van der Waals surface area contributed by atoms with Gasteiger partial charge in [0.1, 0.15) is 11.8 Å². The maximum absolute atomic E-state index is 5.88. The second-order valence-corrected chi connectivity index (χ2v) is 4.35. The third-order valence-corrected chi connectivity index (χ3v) is 2.89. The van der Waals surface area contributed by atoms with Crippen LogP contribution in [0.3, 0.4) is 0 Å². The molecule has 3 aromatic heterocycles. The number of halogens is 1. The molecule has 0 aliphatic heterocycles. The van der Waals surface area contributed by atoms with Crippen molar-refractivity contribution >= 4 is 28.7 Å². The molecule has 2 N–H and O–H groups in total. The Kier molecular flexibility index (Phi) is 2.41. The minimum atomic E-state index is 0.378. The minimum absolute atomic E-state index is 0.378. The van der Waals surface area contributed by atoms with Crippen LogP contribution >= 0.6 is 11.6 Å². The predicted octanol–water partition coefficient (Wildman–Crippen LogP) is 0.844. The van der Waals surface area contributed by atoms with Gasteiger partial charge in [0, 0.05) is 13.2 Å². The second kappa shape index (κ2) is 3.95. The molecule has 0 amide bonds. The third kappa shape index (κ3) is 1.68.